The molecule has 0 bridgehead atoms. The van der Waals surface area contributed by atoms with Crippen LogP contribution in [0.15, 0.2) is 23.4 Å². The Morgan fingerprint density at radius 2 is 2.00 bits per heavy atom. The number of benzene rings is 1. The second-order valence-electron chi connectivity index (χ2n) is 6.09. The number of rotatable bonds is 3. The van der Waals surface area contributed by atoms with Crippen LogP contribution in [0.1, 0.15) is 44.1 Å². The van der Waals surface area contributed by atoms with Crippen LogP contribution in [0.3, 0.4) is 0 Å². The fourth-order valence-electron chi connectivity index (χ4n) is 3.94. The molecule has 1 aliphatic heterocycles. The number of anilines is 1. The summed E-state index contributed by atoms with van der Waals surface area (Å²) in [7, 11) is 0. The highest BCUT2D eigenvalue weighted by Gasteiger charge is 2.34. The highest BCUT2D eigenvalue weighted by Crippen LogP contribution is 2.39. The van der Waals surface area contributed by atoms with Crippen molar-refractivity contribution >= 4 is 23.1 Å². The summed E-state index contributed by atoms with van der Waals surface area (Å²) in [5.74, 6) is 0.910. The zero-order valence-corrected chi connectivity index (χ0v) is 12.9. The molecule has 0 amide bonds. The molecule has 3 N–H and O–H groups in total. The highest BCUT2D eigenvalue weighted by molar-refractivity contribution is 6.31. The minimum atomic E-state index is 0.129. The summed E-state index contributed by atoms with van der Waals surface area (Å²) in [5, 5.41) is 12.8. The van der Waals surface area contributed by atoms with Crippen LogP contribution in [-0.2, 0) is 0 Å². The van der Waals surface area contributed by atoms with E-state index in [-0.39, 0.29) is 5.84 Å². The van der Waals surface area contributed by atoms with E-state index in [1.54, 1.807) is 6.07 Å². The normalized spacial score (nSPS) is 24.0. The Kier molecular flexibility index (Phi) is 4.24. The van der Waals surface area contributed by atoms with Crippen LogP contribution in [0.5, 0.6) is 0 Å². The summed E-state index contributed by atoms with van der Waals surface area (Å²) < 4.78 is 0. The molecule has 1 aromatic carbocycles. The van der Waals surface area contributed by atoms with E-state index in [0.717, 1.165) is 23.7 Å². The van der Waals surface area contributed by atoms with Crippen molar-refractivity contribution < 1.29 is 5.21 Å². The molecule has 1 aromatic rings. The smallest absolute Gasteiger partial charge is 0.172 e. The molecule has 2 fully saturated rings. The van der Waals surface area contributed by atoms with Gasteiger partial charge in [0.1, 0.15) is 0 Å². The molecular weight excluding hydrogens is 286 g/mol. The van der Waals surface area contributed by atoms with E-state index in [1.807, 2.05) is 12.1 Å². The lowest BCUT2D eigenvalue weighted by molar-refractivity contribution is 0.318. The van der Waals surface area contributed by atoms with Gasteiger partial charge in [0.15, 0.2) is 5.84 Å². The van der Waals surface area contributed by atoms with Crippen LogP contribution in [-0.4, -0.2) is 23.6 Å². The Balaban J connectivity index is 1.95. The predicted octanol–water partition coefficient (Wildman–Crippen LogP) is 3.59. The quantitative estimate of drug-likeness (QED) is 0.388. The summed E-state index contributed by atoms with van der Waals surface area (Å²) in [6.07, 6.45) is 7.80. The summed E-state index contributed by atoms with van der Waals surface area (Å²) >= 11 is 6.08. The molecule has 114 valence electrons. The van der Waals surface area contributed by atoms with Crippen molar-refractivity contribution in [2.24, 2.45) is 16.8 Å². The maximum absolute atomic E-state index is 9.03. The Morgan fingerprint density at radius 1 is 1.24 bits per heavy atom. The zero-order chi connectivity index (χ0) is 14.8. The molecule has 21 heavy (non-hydrogen) atoms. The number of hydrogen-bond acceptors (Lipinski definition) is 3. The topological polar surface area (TPSA) is 61.9 Å². The number of amidine groups is 1. The van der Waals surface area contributed by atoms with Crippen molar-refractivity contribution in [2.75, 3.05) is 11.4 Å². The fourth-order valence-corrected chi connectivity index (χ4v) is 4.11. The molecule has 0 spiro atoms. The second kappa shape index (κ2) is 6.14. The van der Waals surface area contributed by atoms with E-state index in [0.29, 0.717) is 11.1 Å². The van der Waals surface area contributed by atoms with Crippen molar-refractivity contribution in [3.63, 3.8) is 0 Å². The van der Waals surface area contributed by atoms with Crippen LogP contribution in [0, 0.1) is 5.92 Å². The van der Waals surface area contributed by atoms with Gasteiger partial charge in [0.2, 0.25) is 0 Å². The lowest BCUT2D eigenvalue weighted by atomic mass is 9.95. The van der Waals surface area contributed by atoms with Crippen LogP contribution < -0.4 is 10.6 Å². The Bertz CT molecular complexity index is 540. The molecule has 1 saturated carbocycles. The summed E-state index contributed by atoms with van der Waals surface area (Å²) in [4.78, 5) is 2.44. The van der Waals surface area contributed by atoms with Crippen LogP contribution in [0.4, 0.5) is 5.69 Å². The zero-order valence-electron chi connectivity index (χ0n) is 12.1. The van der Waals surface area contributed by atoms with Crippen molar-refractivity contribution in [2.45, 2.75) is 44.6 Å². The minimum Gasteiger partial charge on any atom is -0.409 e. The van der Waals surface area contributed by atoms with Gasteiger partial charge in [-0.25, -0.2) is 0 Å². The van der Waals surface area contributed by atoms with E-state index < -0.39 is 0 Å². The van der Waals surface area contributed by atoms with Gasteiger partial charge >= 0.3 is 0 Å². The van der Waals surface area contributed by atoms with Crippen molar-refractivity contribution in [3.8, 4) is 0 Å². The maximum Gasteiger partial charge on any atom is 0.172 e. The first-order valence-corrected chi connectivity index (χ1v) is 8.12. The first-order valence-electron chi connectivity index (χ1n) is 7.75. The SMILES string of the molecule is NC(=NO)c1cc(Cl)ccc1N1CCCC1C1CCCC1. The third-order valence-corrected chi connectivity index (χ3v) is 5.13. The number of oxime groups is 1. The third-order valence-electron chi connectivity index (χ3n) is 4.89. The van der Waals surface area contributed by atoms with Gasteiger partial charge in [0.05, 0.1) is 0 Å². The minimum absolute atomic E-state index is 0.129. The van der Waals surface area contributed by atoms with Crippen molar-refractivity contribution in [3.05, 3.63) is 28.8 Å². The molecule has 4 nitrogen and oxygen atoms in total. The second-order valence-corrected chi connectivity index (χ2v) is 6.53. The van der Waals surface area contributed by atoms with Crippen molar-refractivity contribution in [1.82, 2.24) is 0 Å². The lowest BCUT2D eigenvalue weighted by Crippen LogP contribution is -2.36. The maximum atomic E-state index is 9.03. The molecule has 1 heterocycles. The molecule has 3 rings (SSSR count). The van der Waals surface area contributed by atoms with Crippen LogP contribution in [0.2, 0.25) is 5.02 Å². The molecular formula is C16H22ClN3O. The lowest BCUT2D eigenvalue weighted by Gasteiger charge is -2.32. The number of nitrogens with zero attached hydrogens (tertiary/aromatic N) is 2. The van der Waals surface area contributed by atoms with E-state index in [9.17, 15) is 0 Å². The molecule has 5 heteroatoms. The average molecular weight is 308 g/mol. The van der Waals surface area contributed by atoms with E-state index in [4.69, 9.17) is 22.5 Å². The molecule has 1 atom stereocenters. The first kappa shape index (κ1) is 14.5. The molecule has 0 radical (unpaired) electrons. The Morgan fingerprint density at radius 3 is 2.71 bits per heavy atom. The standard InChI is InChI=1S/C16H22ClN3O/c17-12-7-8-15(13(10-12)16(18)19-21)20-9-3-6-14(20)11-4-1-2-5-11/h7-8,10-11,14,21H,1-6,9H2,(H2,18,19). The van der Waals surface area contributed by atoms with Gasteiger partial charge in [0, 0.05) is 28.9 Å². The van der Waals surface area contributed by atoms with Gasteiger partial charge in [-0.15, -0.1) is 0 Å². The van der Waals surface area contributed by atoms with Gasteiger partial charge in [-0.2, -0.15) is 0 Å². The van der Waals surface area contributed by atoms with Gasteiger partial charge in [0.25, 0.3) is 0 Å². The van der Waals surface area contributed by atoms with Crippen molar-refractivity contribution in [1.29, 1.82) is 0 Å². The molecule has 1 aliphatic carbocycles. The summed E-state index contributed by atoms with van der Waals surface area (Å²) in [6, 6.07) is 6.26. The highest BCUT2D eigenvalue weighted by atomic mass is 35.5. The van der Waals surface area contributed by atoms with E-state index in [1.165, 1.54) is 38.5 Å². The van der Waals surface area contributed by atoms with Gasteiger partial charge < -0.3 is 15.8 Å². The molecule has 1 saturated heterocycles. The van der Waals surface area contributed by atoms with E-state index in [2.05, 4.69) is 10.1 Å². The molecule has 0 aromatic heterocycles. The number of hydrogen-bond donors (Lipinski definition) is 2. The Hall–Kier alpha value is -1.42. The van der Waals surface area contributed by atoms with E-state index >= 15 is 0 Å². The first-order chi connectivity index (χ1) is 10.2. The summed E-state index contributed by atoms with van der Waals surface area (Å²) in [5.41, 5.74) is 7.62. The largest absolute Gasteiger partial charge is 0.409 e. The number of halogens is 1. The average Bonchev–Trinajstić information content (AvgIpc) is 3.16. The van der Waals surface area contributed by atoms with Gasteiger partial charge in [-0.3, -0.25) is 0 Å². The number of nitrogens with two attached hydrogens (primary N) is 1. The Labute approximate surface area is 130 Å². The molecule has 2 aliphatic rings. The monoisotopic (exact) mass is 307 g/mol. The van der Waals surface area contributed by atoms with Gasteiger partial charge in [-0.1, -0.05) is 29.6 Å². The summed E-state index contributed by atoms with van der Waals surface area (Å²) in [6.45, 7) is 1.04. The van der Waals surface area contributed by atoms with Crippen LogP contribution >= 0.6 is 11.6 Å². The van der Waals surface area contributed by atoms with Crippen LogP contribution in [0.25, 0.3) is 0 Å². The predicted molar refractivity (Wildman–Crippen MR) is 86.3 cm³/mol. The third kappa shape index (κ3) is 2.82. The fraction of sp³-hybridized carbons (Fsp3) is 0.562. The van der Waals surface area contributed by atoms with Gasteiger partial charge in [-0.05, 0) is 49.8 Å². The molecule has 1 unspecified atom stereocenters.